The van der Waals surface area contributed by atoms with Gasteiger partial charge in [-0.25, -0.2) is 12.2 Å². The van der Waals surface area contributed by atoms with Gasteiger partial charge in [-0.2, -0.15) is 6.08 Å². The minimum Gasteiger partial charge on any atom is -0.358 e. The van der Waals surface area contributed by atoms with Crippen LogP contribution in [0.2, 0.25) is 0 Å². The molecular weight excluding hydrogens is 195 g/mol. The van der Waals surface area contributed by atoms with Gasteiger partial charge in [0.15, 0.2) is 0 Å². The summed E-state index contributed by atoms with van der Waals surface area (Å²) in [5, 5.41) is 0. The molecule has 1 aliphatic rings. The molecule has 0 bridgehead atoms. The van der Waals surface area contributed by atoms with E-state index in [1.807, 2.05) is 12.2 Å². The first-order chi connectivity index (χ1) is 2.50. The SMILES string of the molecule is Cl.[C-]1=CC=CC1.[CH3-].[CH3-].[SiH3].[Ti+3]. The predicted octanol–water partition coefficient (Wildman–Crippen LogP) is 1.44. The number of halogens is 1. The van der Waals surface area contributed by atoms with E-state index in [1.54, 1.807) is 0 Å². The molecule has 0 fully saturated rings. The average Bonchev–Trinajstić information content (AvgIpc) is 1.76. The van der Waals surface area contributed by atoms with Crippen molar-refractivity contribution in [3.05, 3.63) is 39.2 Å². The van der Waals surface area contributed by atoms with Crippen LogP contribution in [0, 0.1) is 20.9 Å². The average molecular weight is 211 g/mol. The zero-order valence-corrected chi connectivity index (χ0v) is 11.2. The molecule has 0 aromatic heterocycles. The Hall–Kier alpha value is 0.701. The van der Waals surface area contributed by atoms with Crippen LogP contribution in [0.25, 0.3) is 0 Å². The third-order valence-corrected chi connectivity index (χ3v) is 0.586. The summed E-state index contributed by atoms with van der Waals surface area (Å²) in [6.45, 7) is 0. The Kier molecular flexibility index (Phi) is 70.0. The van der Waals surface area contributed by atoms with Gasteiger partial charge in [-0.1, -0.05) is 0 Å². The summed E-state index contributed by atoms with van der Waals surface area (Å²) in [6.07, 6.45) is 10.0. The maximum Gasteiger partial charge on any atom is 3.00 e. The molecule has 0 nitrogen and oxygen atoms in total. The first kappa shape index (κ1) is 31.0. The van der Waals surface area contributed by atoms with Crippen molar-refractivity contribution in [2.45, 2.75) is 6.42 Å². The van der Waals surface area contributed by atoms with Crippen molar-refractivity contribution >= 4 is 23.4 Å². The molecule has 0 spiro atoms. The van der Waals surface area contributed by atoms with Gasteiger partial charge >= 0.3 is 21.7 Å². The van der Waals surface area contributed by atoms with Crippen molar-refractivity contribution in [1.29, 1.82) is 0 Å². The second kappa shape index (κ2) is 22.6. The van der Waals surface area contributed by atoms with Crippen LogP contribution in [-0.2, 0) is 21.7 Å². The van der Waals surface area contributed by atoms with Crippen molar-refractivity contribution in [3.63, 3.8) is 0 Å². The van der Waals surface area contributed by atoms with E-state index in [2.05, 4.69) is 12.2 Å². The normalized spacial score (nSPS) is 8.80. The summed E-state index contributed by atoms with van der Waals surface area (Å²) in [5.41, 5.74) is 0. The number of allylic oxidation sites excluding steroid dienone is 4. The van der Waals surface area contributed by atoms with Crippen LogP contribution in [0.1, 0.15) is 6.42 Å². The van der Waals surface area contributed by atoms with E-state index in [1.165, 1.54) is 0 Å². The monoisotopic (exact) mass is 210 g/mol. The zero-order chi connectivity index (χ0) is 3.54. The van der Waals surface area contributed by atoms with Crippen LogP contribution >= 0.6 is 12.4 Å². The van der Waals surface area contributed by atoms with Crippen LogP contribution in [0.5, 0.6) is 0 Å². The van der Waals surface area contributed by atoms with Gasteiger partial charge in [0.2, 0.25) is 0 Å². The second-order valence-corrected chi connectivity index (χ2v) is 1.00. The third kappa shape index (κ3) is 15.9. The largest absolute Gasteiger partial charge is 3.00 e. The minimum atomic E-state index is 0. The van der Waals surface area contributed by atoms with Crippen LogP contribution in [0.3, 0.4) is 0 Å². The molecule has 3 heteroatoms. The Bertz CT molecular complexity index is 71.7. The smallest absolute Gasteiger partial charge is 0.358 e. The van der Waals surface area contributed by atoms with E-state index in [9.17, 15) is 0 Å². The fourth-order valence-electron chi connectivity index (χ4n) is 0.340. The van der Waals surface area contributed by atoms with Crippen molar-refractivity contribution in [2.75, 3.05) is 0 Å². The van der Waals surface area contributed by atoms with Gasteiger partial charge in [-0.15, -0.1) is 18.8 Å². The van der Waals surface area contributed by atoms with Gasteiger partial charge in [-0.3, -0.25) is 6.08 Å². The Morgan fingerprint density at radius 3 is 1.80 bits per heavy atom. The van der Waals surface area contributed by atoms with E-state index in [0.717, 1.165) is 6.42 Å². The maximum absolute atomic E-state index is 2.99. The van der Waals surface area contributed by atoms with Gasteiger partial charge in [0.1, 0.15) is 0 Å². The van der Waals surface area contributed by atoms with E-state index in [0.29, 0.717) is 0 Å². The Balaban J connectivity index is -0.0000000167. The van der Waals surface area contributed by atoms with Gasteiger partial charge in [0.05, 0.1) is 0 Å². The molecule has 2 radical (unpaired) electrons. The molecule has 0 amide bonds. The van der Waals surface area contributed by atoms with E-state index < -0.39 is 0 Å². The van der Waals surface area contributed by atoms with Gasteiger partial charge < -0.3 is 14.9 Å². The number of rotatable bonds is 0. The van der Waals surface area contributed by atoms with Crippen LogP contribution in [-0.4, -0.2) is 11.0 Å². The quantitative estimate of drug-likeness (QED) is 0.419. The molecule has 0 aromatic rings. The minimum absolute atomic E-state index is 0. The third-order valence-electron chi connectivity index (χ3n) is 0.586. The van der Waals surface area contributed by atoms with Gasteiger partial charge in [-0.05, 0) is 11.0 Å². The van der Waals surface area contributed by atoms with Crippen LogP contribution in [0.4, 0.5) is 0 Å². The van der Waals surface area contributed by atoms with Crippen molar-refractivity contribution < 1.29 is 21.7 Å². The molecule has 0 saturated heterocycles. The molecule has 10 heavy (non-hydrogen) atoms. The fraction of sp³-hybridized carbons (Fsp3) is 0.143. The summed E-state index contributed by atoms with van der Waals surface area (Å²) in [5.74, 6) is 0. The van der Waals surface area contributed by atoms with E-state index >= 15 is 0 Å². The summed E-state index contributed by atoms with van der Waals surface area (Å²) in [6, 6.07) is 0. The maximum atomic E-state index is 2.99. The first-order valence-electron chi connectivity index (χ1n) is 1.72. The molecule has 0 aliphatic heterocycles. The van der Waals surface area contributed by atoms with Crippen molar-refractivity contribution in [1.82, 2.24) is 0 Å². The van der Waals surface area contributed by atoms with E-state index in [-0.39, 0.29) is 59.9 Å². The summed E-state index contributed by atoms with van der Waals surface area (Å²) >= 11 is 0. The fourth-order valence-corrected chi connectivity index (χ4v) is 0.340. The Morgan fingerprint density at radius 1 is 1.20 bits per heavy atom. The molecule has 0 saturated carbocycles. The van der Waals surface area contributed by atoms with Crippen LogP contribution < -0.4 is 0 Å². The molecule has 0 heterocycles. The Morgan fingerprint density at radius 2 is 1.70 bits per heavy atom. The molecule has 0 unspecified atom stereocenters. The number of hydrogen-bond donors (Lipinski definition) is 0. The van der Waals surface area contributed by atoms with Crippen molar-refractivity contribution in [3.8, 4) is 0 Å². The molecule has 1 rings (SSSR count). The van der Waals surface area contributed by atoms with Crippen molar-refractivity contribution in [2.24, 2.45) is 0 Å². The topological polar surface area (TPSA) is 0 Å². The van der Waals surface area contributed by atoms with Gasteiger partial charge in [0, 0.05) is 0 Å². The predicted molar refractivity (Wildman–Crippen MR) is 51.6 cm³/mol. The molecule has 0 N–H and O–H groups in total. The Labute approximate surface area is 90.5 Å². The van der Waals surface area contributed by atoms with Crippen LogP contribution in [0.15, 0.2) is 18.2 Å². The number of hydrogen-bond acceptors (Lipinski definition) is 0. The molecule has 58 valence electrons. The second-order valence-electron chi connectivity index (χ2n) is 1.00. The molecule has 1 aliphatic carbocycles. The zero-order valence-electron chi connectivity index (χ0n) is 6.85. The standard InChI is InChI=1S/C5H5.2CH3.ClH.H3Si.Ti/c1-2-4-5-3-1;;;;;/h1-3H,4H2;2*1H3;1H;1H3;/q3*-1;;;+3. The summed E-state index contributed by atoms with van der Waals surface area (Å²) in [7, 11) is 0. The van der Waals surface area contributed by atoms with E-state index in [4.69, 9.17) is 0 Å². The first-order valence-corrected chi connectivity index (χ1v) is 1.72. The molecular formula is C7H15ClSiTi. The summed E-state index contributed by atoms with van der Waals surface area (Å²) < 4.78 is 0. The van der Waals surface area contributed by atoms with Gasteiger partial charge in [0.25, 0.3) is 0 Å². The molecule has 0 aromatic carbocycles. The summed E-state index contributed by atoms with van der Waals surface area (Å²) in [4.78, 5) is 0. The molecule has 0 atom stereocenters.